The van der Waals surface area contributed by atoms with Crippen LogP contribution in [0.1, 0.15) is 18.9 Å². The molecule has 1 aromatic carbocycles. The van der Waals surface area contributed by atoms with Crippen LogP contribution in [0, 0.1) is 11.8 Å². The first-order valence-electron chi connectivity index (χ1n) is 6.33. The van der Waals surface area contributed by atoms with E-state index in [0.29, 0.717) is 18.7 Å². The molecule has 0 aromatic heterocycles. The molecular formula is C14H16N2O3S. The van der Waals surface area contributed by atoms with E-state index in [9.17, 15) is 13.2 Å². The highest BCUT2D eigenvalue weighted by atomic mass is 32.2. The topological polar surface area (TPSA) is 66.5 Å². The van der Waals surface area contributed by atoms with Crippen LogP contribution in [0.5, 0.6) is 0 Å². The quantitative estimate of drug-likeness (QED) is 0.817. The monoisotopic (exact) mass is 292 g/mol. The van der Waals surface area contributed by atoms with Crippen molar-refractivity contribution in [1.29, 1.82) is 0 Å². The first kappa shape index (κ1) is 14.4. The summed E-state index contributed by atoms with van der Waals surface area (Å²) in [7, 11) is -3.17. The number of benzene rings is 1. The highest BCUT2D eigenvalue weighted by molar-refractivity contribution is 7.93. The summed E-state index contributed by atoms with van der Waals surface area (Å²) in [6, 6.07) is 7.12. The van der Waals surface area contributed by atoms with Gasteiger partial charge in [-0.1, -0.05) is 17.9 Å². The Hall–Kier alpha value is -2.00. The first-order valence-corrected chi connectivity index (χ1v) is 7.94. The van der Waals surface area contributed by atoms with Crippen molar-refractivity contribution >= 4 is 21.6 Å². The number of anilines is 1. The summed E-state index contributed by atoms with van der Waals surface area (Å²) in [4.78, 5) is 10.7. The molecule has 1 saturated heterocycles. The summed E-state index contributed by atoms with van der Waals surface area (Å²) in [6.45, 7) is 2.23. The smallest absolute Gasteiger partial charge is 0.235 e. The molecule has 0 radical (unpaired) electrons. The van der Waals surface area contributed by atoms with Crippen LogP contribution in [0.3, 0.4) is 0 Å². The van der Waals surface area contributed by atoms with Crippen molar-refractivity contribution in [3.8, 4) is 11.8 Å². The number of carbonyl (C=O) groups is 1. The Morgan fingerprint density at radius 1 is 1.45 bits per heavy atom. The molecule has 0 unspecified atom stereocenters. The van der Waals surface area contributed by atoms with E-state index < -0.39 is 10.0 Å². The van der Waals surface area contributed by atoms with Crippen LogP contribution in [0.4, 0.5) is 5.69 Å². The molecule has 6 heteroatoms. The van der Waals surface area contributed by atoms with Crippen LogP contribution >= 0.6 is 0 Å². The minimum Gasteiger partial charge on any atom is -0.345 e. The zero-order valence-electron chi connectivity index (χ0n) is 11.2. The minimum atomic E-state index is -3.17. The van der Waals surface area contributed by atoms with Crippen molar-refractivity contribution in [3.05, 3.63) is 29.8 Å². The van der Waals surface area contributed by atoms with E-state index in [0.717, 1.165) is 5.56 Å². The maximum Gasteiger partial charge on any atom is 0.235 e. The normalized spacial score (nSPS) is 16.4. The van der Waals surface area contributed by atoms with Gasteiger partial charge in [-0.3, -0.25) is 9.10 Å². The van der Waals surface area contributed by atoms with Gasteiger partial charge in [0.05, 0.1) is 18.0 Å². The van der Waals surface area contributed by atoms with Crippen molar-refractivity contribution in [2.75, 3.05) is 23.1 Å². The van der Waals surface area contributed by atoms with E-state index in [1.54, 1.807) is 18.2 Å². The summed E-state index contributed by atoms with van der Waals surface area (Å²) in [5.74, 6) is 5.80. The molecule has 1 aliphatic heterocycles. The van der Waals surface area contributed by atoms with Gasteiger partial charge in [-0.15, -0.1) is 0 Å². The molecule has 0 aliphatic carbocycles. The van der Waals surface area contributed by atoms with Gasteiger partial charge < -0.3 is 5.32 Å². The highest BCUT2D eigenvalue weighted by Gasteiger charge is 2.28. The summed E-state index contributed by atoms with van der Waals surface area (Å²) < 4.78 is 25.1. The van der Waals surface area contributed by atoms with Gasteiger partial charge in [0.1, 0.15) is 0 Å². The summed E-state index contributed by atoms with van der Waals surface area (Å²) in [5.41, 5.74) is 1.38. The zero-order chi connectivity index (χ0) is 14.6. The highest BCUT2D eigenvalue weighted by Crippen LogP contribution is 2.24. The fourth-order valence-corrected chi connectivity index (χ4v) is 3.54. The van der Waals surface area contributed by atoms with Gasteiger partial charge in [0.2, 0.25) is 15.9 Å². The number of amides is 1. The Morgan fingerprint density at radius 2 is 2.25 bits per heavy atom. The van der Waals surface area contributed by atoms with E-state index in [-0.39, 0.29) is 18.2 Å². The number of rotatable bonds is 2. The fourth-order valence-electron chi connectivity index (χ4n) is 1.98. The maximum absolute atomic E-state index is 11.9. The molecule has 1 aliphatic rings. The van der Waals surface area contributed by atoms with Crippen LogP contribution in [-0.4, -0.2) is 33.2 Å². The number of carbonyl (C=O) groups excluding carboxylic acids is 1. The third kappa shape index (κ3) is 3.52. The average molecular weight is 292 g/mol. The van der Waals surface area contributed by atoms with Crippen molar-refractivity contribution < 1.29 is 13.2 Å². The standard InChI is InChI=1S/C14H16N2O3S/c1-12(17)15-8-3-6-13-5-2-7-14(11-13)16-9-4-10-20(16,18)19/h2,5,7,11H,4,8-10H2,1H3,(H,15,17). The Balaban J connectivity index is 2.14. The zero-order valence-corrected chi connectivity index (χ0v) is 12.0. The van der Waals surface area contributed by atoms with E-state index in [2.05, 4.69) is 17.2 Å². The fraction of sp³-hybridized carbons (Fsp3) is 0.357. The maximum atomic E-state index is 11.9. The molecule has 0 spiro atoms. The molecule has 2 rings (SSSR count). The second-order valence-corrected chi connectivity index (χ2v) is 6.52. The largest absolute Gasteiger partial charge is 0.345 e. The SMILES string of the molecule is CC(=O)NCC#Cc1cccc(N2CCCS2(=O)=O)c1. The molecule has 106 valence electrons. The summed E-state index contributed by atoms with van der Waals surface area (Å²) >= 11 is 0. The summed E-state index contributed by atoms with van der Waals surface area (Å²) in [6.07, 6.45) is 0.654. The molecule has 1 amide bonds. The number of nitrogens with zero attached hydrogens (tertiary/aromatic N) is 1. The van der Waals surface area contributed by atoms with E-state index in [1.807, 2.05) is 6.07 Å². The van der Waals surface area contributed by atoms with Gasteiger partial charge in [-0.2, -0.15) is 0 Å². The second kappa shape index (κ2) is 5.97. The predicted octanol–water partition coefficient (Wildman–Crippen LogP) is 0.714. The first-order chi connectivity index (χ1) is 9.49. The van der Waals surface area contributed by atoms with Crippen LogP contribution in [0.2, 0.25) is 0 Å². The van der Waals surface area contributed by atoms with Gasteiger partial charge in [-0.05, 0) is 24.6 Å². The minimum absolute atomic E-state index is 0.129. The van der Waals surface area contributed by atoms with Gasteiger partial charge >= 0.3 is 0 Å². The molecule has 1 N–H and O–H groups in total. The van der Waals surface area contributed by atoms with E-state index in [4.69, 9.17) is 0 Å². The molecular weight excluding hydrogens is 276 g/mol. The van der Waals surface area contributed by atoms with Crippen LogP contribution in [-0.2, 0) is 14.8 Å². The third-order valence-electron chi connectivity index (χ3n) is 2.89. The second-order valence-electron chi connectivity index (χ2n) is 4.50. The predicted molar refractivity (Wildman–Crippen MR) is 77.8 cm³/mol. The lowest BCUT2D eigenvalue weighted by Crippen LogP contribution is -2.25. The average Bonchev–Trinajstić information content (AvgIpc) is 2.74. The number of nitrogens with one attached hydrogen (secondary N) is 1. The lowest BCUT2D eigenvalue weighted by atomic mass is 10.2. The van der Waals surface area contributed by atoms with E-state index >= 15 is 0 Å². The number of hydrogen-bond donors (Lipinski definition) is 1. The molecule has 1 aromatic rings. The van der Waals surface area contributed by atoms with Gasteiger partial charge in [-0.25, -0.2) is 8.42 Å². The van der Waals surface area contributed by atoms with E-state index in [1.165, 1.54) is 11.2 Å². The molecule has 1 fully saturated rings. The molecule has 0 bridgehead atoms. The summed E-state index contributed by atoms with van der Waals surface area (Å²) in [5, 5.41) is 2.58. The van der Waals surface area contributed by atoms with Crippen molar-refractivity contribution in [3.63, 3.8) is 0 Å². The van der Waals surface area contributed by atoms with Gasteiger partial charge in [0, 0.05) is 19.0 Å². The Labute approximate surface area is 119 Å². The Bertz CT molecular complexity index is 671. The van der Waals surface area contributed by atoms with Crippen LogP contribution < -0.4 is 9.62 Å². The van der Waals surface area contributed by atoms with Crippen molar-refractivity contribution in [2.45, 2.75) is 13.3 Å². The number of hydrogen-bond acceptors (Lipinski definition) is 3. The van der Waals surface area contributed by atoms with Crippen LogP contribution in [0.15, 0.2) is 24.3 Å². The molecule has 0 saturated carbocycles. The van der Waals surface area contributed by atoms with Crippen LogP contribution in [0.25, 0.3) is 0 Å². The number of sulfonamides is 1. The lowest BCUT2D eigenvalue weighted by Gasteiger charge is -2.16. The molecule has 20 heavy (non-hydrogen) atoms. The van der Waals surface area contributed by atoms with Gasteiger partial charge in [0.25, 0.3) is 0 Å². The molecule has 5 nitrogen and oxygen atoms in total. The van der Waals surface area contributed by atoms with Crippen molar-refractivity contribution in [2.24, 2.45) is 0 Å². The molecule has 1 heterocycles. The lowest BCUT2D eigenvalue weighted by molar-refractivity contribution is -0.118. The Morgan fingerprint density at radius 3 is 2.90 bits per heavy atom. The molecule has 0 atom stereocenters. The third-order valence-corrected chi connectivity index (χ3v) is 4.76. The van der Waals surface area contributed by atoms with Gasteiger partial charge in [0.15, 0.2) is 0 Å². The Kier molecular flexibility index (Phi) is 4.30. The van der Waals surface area contributed by atoms with Crippen molar-refractivity contribution in [1.82, 2.24) is 5.32 Å².